The van der Waals surface area contributed by atoms with Crippen LogP contribution in [-0.4, -0.2) is 94.9 Å². The molecule has 0 aliphatic heterocycles. The van der Waals surface area contributed by atoms with Crippen LogP contribution in [0.1, 0.15) is 39.2 Å². The van der Waals surface area contributed by atoms with Crippen LogP contribution in [0.3, 0.4) is 0 Å². The number of phenolic OH excluding ortho intramolecular Hbond substituents is 1. The van der Waals surface area contributed by atoms with E-state index in [-0.39, 0.29) is 48.5 Å². The van der Waals surface area contributed by atoms with Crippen LogP contribution in [0.5, 0.6) is 11.5 Å². The van der Waals surface area contributed by atoms with Crippen molar-refractivity contribution in [3.63, 3.8) is 0 Å². The molecule has 16 heteroatoms. The fourth-order valence-electron chi connectivity index (χ4n) is 5.84. The number of hydrogen-bond donors (Lipinski definition) is 1. The van der Waals surface area contributed by atoms with E-state index in [2.05, 4.69) is 92.4 Å². The number of aromatic nitrogens is 2. The molecule has 322 valence electrons. The van der Waals surface area contributed by atoms with Crippen molar-refractivity contribution in [1.29, 1.82) is 0 Å². The van der Waals surface area contributed by atoms with Gasteiger partial charge in [0.05, 0.1) is 62.9 Å². The van der Waals surface area contributed by atoms with E-state index < -0.39 is 13.3 Å². The van der Waals surface area contributed by atoms with Crippen molar-refractivity contribution >= 4 is 123 Å². The zero-order valence-corrected chi connectivity index (χ0v) is 43.3. The number of aromatic hydroxyl groups is 1. The predicted octanol–water partition coefficient (Wildman–Crippen LogP) is 9.19. The number of halogens is 4. The molecule has 61 heavy (non-hydrogen) atoms. The summed E-state index contributed by atoms with van der Waals surface area (Å²) in [4.78, 5) is 13.7. The fraction of sp³-hybridized carbons (Fsp3) is 0.333. The molecule has 0 aliphatic carbocycles. The summed E-state index contributed by atoms with van der Waals surface area (Å²) < 4.78 is 43.9. The maximum Gasteiger partial charge on any atom is 1.00 e. The minimum Gasteiger partial charge on any atom is -0.793 e. The molecule has 1 N–H and O–H groups in total. The Balaban J connectivity index is 0.000000301. The molecule has 0 radical (unpaired) electrons. The molecule has 2 aromatic heterocycles. The third-order valence-electron chi connectivity index (χ3n) is 8.84. The molecule has 0 saturated heterocycles. The number of benzene rings is 4. The molecule has 4 aromatic carbocycles. The van der Waals surface area contributed by atoms with Crippen molar-refractivity contribution in [3.05, 3.63) is 102 Å². The topological polar surface area (TPSA) is 80.2 Å². The van der Waals surface area contributed by atoms with Crippen LogP contribution >= 0.6 is 54.5 Å². The van der Waals surface area contributed by atoms with E-state index in [0.717, 1.165) is 80.1 Å². The van der Waals surface area contributed by atoms with Crippen LogP contribution < -0.4 is 44.1 Å². The van der Waals surface area contributed by atoms with Gasteiger partial charge in [0, 0.05) is 38.6 Å². The van der Waals surface area contributed by atoms with Gasteiger partial charge in [-0.1, -0.05) is 31.2 Å². The molecule has 0 saturated carbocycles. The van der Waals surface area contributed by atoms with Crippen LogP contribution in [0.2, 0.25) is 0 Å². The summed E-state index contributed by atoms with van der Waals surface area (Å²) >= 11 is 14.5. The standard InChI is InChI=1S/C22H24BrFN2O2S.C21H22BrFN2O2S.C2H6S.Na/c1-15-12-18-21(14-19(15)26(2)9-11-28-10-8-24)29-22(25-18)7-5-16-4-6-20(27-3)17(23)13-16;1-14-11-17-20(13-18(14)25(2)8-10-27-9-7-23)28-21(24-17)6-4-15-3-5-19(26)16(22)12-15;1-2-3;/h4-7,12-14H,8-11H2,1-3H3;3-6,11-13,26H,7-10H2,1-2H3;3H,2H2,1H3;/q;;;+1/p-1/b7-5+;6-4+;;. The summed E-state index contributed by atoms with van der Waals surface area (Å²) in [5.41, 5.74) is 8.58. The van der Waals surface area contributed by atoms with Crippen LogP contribution in [0, 0.1) is 13.8 Å². The zero-order chi connectivity index (χ0) is 43.6. The maximum atomic E-state index is 12.1. The molecule has 6 rings (SSSR count). The molecule has 0 bridgehead atoms. The van der Waals surface area contributed by atoms with Crippen molar-refractivity contribution in [2.24, 2.45) is 0 Å². The van der Waals surface area contributed by atoms with E-state index in [9.17, 15) is 13.9 Å². The maximum absolute atomic E-state index is 12.1. The fourth-order valence-corrected chi connectivity index (χ4v) is 8.57. The number of anilines is 2. The van der Waals surface area contributed by atoms with E-state index in [1.54, 1.807) is 35.8 Å². The van der Waals surface area contributed by atoms with E-state index >= 15 is 0 Å². The van der Waals surface area contributed by atoms with E-state index in [4.69, 9.17) is 24.2 Å². The number of methoxy groups -OCH3 is 1. The Morgan fingerprint density at radius 2 is 1.15 bits per heavy atom. The number of thiazole rings is 2. The van der Waals surface area contributed by atoms with Crippen molar-refractivity contribution in [2.75, 3.05) is 89.6 Å². The van der Waals surface area contributed by atoms with Crippen molar-refractivity contribution in [1.82, 2.24) is 9.97 Å². The predicted molar refractivity (Wildman–Crippen MR) is 261 cm³/mol. The minimum atomic E-state index is -0.451. The second kappa shape index (κ2) is 27.6. The van der Waals surface area contributed by atoms with Crippen LogP contribution in [0.15, 0.2) is 69.6 Å². The SMILES string of the molecule is CC[S-].COc1ccc(/C=C/c2nc3cc(C)c(N(C)CCOCCF)cc3s2)cc1Br.Cc1cc2nc(/C=C/c3ccc(O)c(Br)c3)sc2cc1N(C)CCOCCF.[Na+]. The number of fused-ring (bicyclic) bond motifs is 2. The van der Waals surface area contributed by atoms with E-state index in [1.165, 1.54) is 0 Å². The Morgan fingerprint density at radius 1 is 0.705 bits per heavy atom. The molecule has 0 atom stereocenters. The van der Waals surface area contributed by atoms with Gasteiger partial charge in [-0.15, -0.1) is 22.7 Å². The zero-order valence-electron chi connectivity index (χ0n) is 35.6. The van der Waals surface area contributed by atoms with Gasteiger partial charge in [0.2, 0.25) is 0 Å². The second-order valence-electron chi connectivity index (χ2n) is 13.3. The quantitative estimate of drug-likeness (QED) is 0.0547. The van der Waals surface area contributed by atoms with Gasteiger partial charge in [-0.25, -0.2) is 18.7 Å². The molecule has 2 heterocycles. The molecule has 0 fully saturated rings. The summed E-state index contributed by atoms with van der Waals surface area (Å²) in [5.74, 6) is 1.86. The third kappa shape index (κ3) is 16.5. The van der Waals surface area contributed by atoms with Gasteiger partial charge in [-0.3, -0.25) is 0 Å². The monoisotopic (exact) mass is 1030 g/mol. The first-order valence-corrected chi connectivity index (χ1v) is 23.0. The largest absolute Gasteiger partial charge is 1.00 e. The first-order valence-electron chi connectivity index (χ1n) is 19.2. The Kier molecular flexibility index (Phi) is 23.9. The molecule has 0 amide bonds. The second-order valence-corrected chi connectivity index (χ2v) is 17.7. The normalized spacial score (nSPS) is 11.1. The first-order chi connectivity index (χ1) is 28.9. The molecule has 0 unspecified atom stereocenters. The molecule has 8 nitrogen and oxygen atoms in total. The van der Waals surface area contributed by atoms with Crippen molar-refractivity contribution < 1.29 is 57.7 Å². The number of ether oxygens (including phenoxy) is 3. The molecule has 0 aliphatic rings. The smallest absolute Gasteiger partial charge is 0.793 e. The average Bonchev–Trinajstić information content (AvgIpc) is 3.83. The van der Waals surface area contributed by atoms with Gasteiger partial charge in [-0.2, -0.15) is 5.75 Å². The molecular formula is C45H51Br2F2N4NaO4S3. The number of nitrogens with zero attached hydrogens (tertiary/aromatic N) is 4. The summed E-state index contributed by atoms with van der Waals surface area (Å²) in [7, 11) is 5.69. The summed E-state index contributed by atoms with van der Waals surface area (Å²) in [6.07, 6.45) is 8.03. The number of rotatable bonds is 17. The molecule has 0 spiro atoms. The van der Waals surface area contributed by atoms with Crippen LogP contribution in [-0.2, 0) is 22.1 Å². The van der Waals surface area contributed by atoms with Gasteiger partial charge in [0.15, 0.2) is 0 Å². The molecule has 6 aromatic rings. The number of alkyl halides is 2. The van der Waals surface area contributed by atoms with Crippen LogP contribution in [0.4, 0.5) is 20.2 Å². The number of likely N-dealkylation sites (N-methyl/N-ethyl adjacent to an activating group) is 2. The molecular weight excluding hydrogens is 978 g/mol. The van der Waals surface area contributed by atoms with E-state index in [1.807, 2.05) is 75.7 Å². The minimum absolute atomic E-state index is 0. The summed E-state index contributed by atoms with van der Waals surface area (Å²) in [6.45, 7) is 7.91. The Hall–Kier alpha value is -2.57. The Labute approximate surface area is 411 Å². The number of aryl methyl sites for hydroxylation is 2. The van der Waals surface area contributed by atoms with Gasteiger partial charge in [0.25, 0.3) is 0 Å². The van der Waals surface area contributed by atoms with Crippen molar-refractivity contribution in [3.8, 4) is 11.5 Å². The summed E-state index contributed by atoms with van der Waals surface area (Å²) in [6, 6.07) is 19.9. The van der Waals surface area contributed by atoms with Gasteiger partial charge in [-0.05, 0) is 129 Å². The van der Waals surface area contributed by atoms with Gasteiger partial charge >= 0.3 is 29.6 Å². The van der Waals surface area contributed by atoms with Crippen molar-refractivity contribution in [2.45, 2.75) is 20.8 Å². The van der Waals surface area contributed by atoms with Crippen LogP contribution in [0.25, 0.3) is 44.7 Å². The summed E-state index contributed by atoms with van der Waals surface area (Å²) in [5, 5.41) is 11.5. The average molecular weight is 1030 g/mol. The Morgan fingerprint density at radius 3 is 1.56 bits per heavy atom. The van der Waals surface area contributed by atoms with E-state index in [0.29, 0.717) is 30.8 Å². The van der Waals surface area contributed by atoms with Gasteiger partial charge < -0.3 is 41.7 Å². The third-order valence-corrected chi connectivity index (χ3v) is 12.1. The van der Waals surface area contributed by atoms with Gasteiger partial charge in [0.1, 0.15) is 34.9 Å². The number of hydrogen-bond acceptors (Lipinski definition) is 11. The Bertz CT molecular complexity index is 2350. The number of phenols is 1. The first kappa shape index (κ1) is 52.8.